The summed E-state index contributed by atoms with van der Waals surface area (Å²) in [5, 5.41) is 18.9. The Morgan fingerprint density at radius 3 is 2.00 bits per heavy atom. The predicted molar refractivity (Wildman–Crippen MR) is 76.8 cm³/mol. The van der Waals surface area contributed by atoms with Gasteiger partial charge in [0, 0.05) is 0 Å². The fourth-order valence-electron chi connectivity index (χ4n) is 2.41. The van der Waals surface area contributed by atoms with Crippen molar-refractivity contribution in [2.45, 2.75) is 50.9 Å². The van der Waals surface area contributed by atoms with Crippen LogP contribution in [0.1, 0.15) is 51.0 Å². The molecule has 0 aromatic heterocycles. The summed E-state index contributed by atoms with van der Waals surface area (Å²) in [4.78, 5) is 23.2. The van der Waals surface area contributed by atoms with Gasteiger partial charge in [-0.15, -0.1) is 0 Å². The van der Waals surface area contributed by atoms with Crippen LogP contribution in [0, 0.1) is 0 Å². The molecule has 0 aliphatic heterocycles. The zero-order valence-corrected chi connectivity index (χ0v) is 11.8. The normalized spacial score (nSPS) is 11.2. The Hall–Kier alpha value is -1.84. The largest absolute Gasteiger partial charge is 0.480 e. The molecule has 0 heterocycles. The van der Waals surface area contributed by atoms with Crippen molar-refractivity contribution in [3.05, 3.63) is 35.9 Å². The summed E-state index contributed by atoms with van der Waals surface area (Å²) < 4.78 is 0. The van der Waals surface area contributed by atoms with E-state index in [1.54, 1.807) is 30.3 Å². The van der Waals surface area contributed by atoms with E-state index in [0.717, 1.165) is 25.7 Å². The Bertz CT molecular complexity index is 425. The Morgan fingerprint density at radius 1 is 0.950 bits per heavy atom. The molecule has 20 heavy (non-hydrogen) atoms. The number of aliphatic carboxylic acids is 2. The minimum Gasteiger partial charge on any atom is -0.480 e. The first-order chi connectivity index (χ1) is 9.55. The summed E-state index contributed by atoms with van der Waals surface area (Å²) >= 11 is 0. The minimum atomic E-state index is -1.83. The molecule has 1 aromatic rings. The number of hydrogen-bond donors (Lipinski definition) is 2. The van der Waals surface area contributed by atoms with Crippen LogP contribution in [0.25, 0.3) is 0 Å². The van der Waals surface area contributed by atoms with Gasteiger partial charge in [0.1, 0.15) is 0 Å². The van der Waals surface area contributed by atoms with Gasteiger partial charge in [-0.25, -0.2) is 0 Å². The summed E-state index contributed by atoms with van der Waals surface area (Å²) in [6, 6.07) is 8.25. The molecule has 0 amide bonds. The maximum absolute atomic E-state index is 11.6. The highest BCUT2D eigenvalue weighted by Crippen LogP contribution is 2.31. The predicted octanol–water partition coefficient (Wildman–Crippen LogP) is 3.45. The van der Waals surface area contributed by atoms with Gasteiger partial charge in [0.2, 0.25) is 0 Å². The molecule has 0 saturated carbocycles. The van der Waals surface area contributed by atoms with Crippen molar-refractivity contribution in [2.75, 3.05) is 0 Å². The molecule has 110 valence electrons. The second-order valence-corrected chi connectivity index (χ2v) is 5.05. The summed E-state index contributed by atoms with van der Waals surface area (Å²) in [5.41, 5.74) is -1.48. The van der Waals surface area contributed by atoms with Crippen molar-refractivity contribution < 1.29 is 19.8 Å². The average molecular weight is 278 g/mol. The van der Waals surface area contributed by atoms with Crippen LogP contribution in [0.5, 0.6) is 0 Å². The first kappa shape index (κ1) is 16.2. The Labute approximate surface area is 119 Å². The van der Waals surface area contributed by atoms with Gasteiger partial charge in [0.25, 0.3) is 0 Å². The van der Waals surface area contributed by atoms with Gasteiger partial charge in [0.05, 0.1) is 0 Å². The van der Waals surface area contributed by atoms with Crippen LogP contribution < -0.4 is 0 Å². The molecule has 4 nitrogen and oxygen atoms in total. The lowest BCUT2D eigenvalue weighted by Crippen LogP contribution is -2.43. The van der Waals surface area contributed by atoms with Gasteiger partial charge in [-0.05, 0) is 12.0 Å². The van der Waals surface area contributed by atoms with Gasteiger partial charge < -0.3 is 10.2 Å². The van der Waals surface area contributed by atoms with Crippen molar-refractivity contribution in [1.82, 2.24) is 0 Å². The molecule has 0 saturated heterocycles. The average Bonchev–Trinajstić information content (AvgIpc) is 2.43. The highest BCUT2D eigenvalue weighted by molar-refractivity contribution is 6.04. The zero-order chi connectivity index (χ0) is 15.0. The van der Waals surface area contributed by atoms with Crippen LogP contribution in [0.2, 0.25) is 0 Å². The van der Waals surface area contributed by atoms with Gasteiger partial charge in [-0.2, -0.15) is 0 Å². The van der Waals surface area contributed by atoms with Crippen LogP contribution in [0.4, 0.5) is 0 Å². The van der Waals surface area contributed by atoms with E-state index in [2.05, 4.69) is 6.92 Å². The second-order valence-electron chi connectivity index (χ2n) is 5.05. The van der Waals surface area contributed by atoms with Crippen molar-refractivity contribution in [2.24, 2.45) is 0 Å². The highest BCUT2D eigenvalue weighted by atomic mass is 16.4. The molecule has 2 N–H and O–H groups in total. The smallest absolute Gasteiger partial charge is 0.325 e. The first-order valence-electron chi connectivity index (χ1n) is 7.08. The zero-order valence-electron chi connectivity index (χ0n) is 11.8. The lowest BCUT2D eigenvalue weighted by atomic mass is 9.76. The highest BCUT2D eigenvalue weighted by Gasteiger charge is 2.47. The van der Waals surface area contributed by atoms with E-state index in [4.69, 9.17) is 0 Å². The Kier molecular flexibility index (Phi) is 6.22. The monoisotopic (exact) mass is 278 g/mol. The van der Waals surface area contributed by atoms with Crippen LogP contribution in [0.3, 0.4) is 0 Å². The second kappa shape index (κ2) is 7.68. The Balaban J connectivity index is 2.90. The van der Waals surface area contributed by atoms with Gasteiger partial charge in [-0.1, -0.05) is 69.4 Å². The van der Waals surface area contributed by atoms with Gasteiger partial charge in [-0.3, -0.25) is 9.59 Å². The molecule has 1 aromatic carbocycles. The fraction of sp³-hybridized carbons (Fsp3) is 0.500. The minimum absolute atomic E-state index is 0.130. The van der Waals surface area contributed by atoms with E-state index in [0.29, 0.717) is 12.0 Å². The van der Waals surface area contributed by atoms with E-state index in [9.17, 15) is 19.8 Å². The maximum Gasteiger partial charge on any atom is 0.325 e. The molecule has 0 radical (unpaired) electrons. The number of hydrogen-bond acceptors (Lipinski definition) is 2. The third-order valence-electron chi connectivity index (χ3n) is 3.65. The molecular formula is C16H22O4. The van der Waals surface area contributed by atoms with Crippen molar-refractivity contribution >= 4 is 11.9 Å². The molecule has 1 rings (SSSR count). The molecule has 0 spiro atoms. The number of unbranched alkanes of at least 4 members (excludes halogenated alkanes) is 4. The summed E-state index contributed by atoms with van der Waals surface area (Å²) in [5.74, 6) is -2.57. The molecule has 0 bridgehead atoms. The molecule has 4 heteroatoms. The van der Waals surface area contributed by atoms with E-state index >= 15 is 0 Å². The van der Waals surface area contributed by atoms with E-state index in [-0.39, 0.29) is 6.42 Å². The lowest BCUT2D eigenvalue weighted by molar-refractivity contribution is -0.158. The molecule has 0 unspecified atom stereocenters. The summed E-state index contributed by atoms with van der Waals surface area (Å²) in [6.07, 6.45) is 4.81. The Morgan fingerprint density at radius 2 is 1.50 bits per heavy atom. The fourth-order valence-corrected chi connectivity index (χ4v) is 2.41. The quantitative estimate of drug-likeness (QED) is 0.536. The lowest BCUT2D eigenvalue weighted by Gasteiger charge is -2.25. The topological polar surface area (TPSA) is 74.6 Å². The number of carboxylic acids is 2. The van der Waals surface area contributed by atoms with Crippen LogP contribution >= 0.6 is 0 Å². The maximum atomic E-state index is 11.6. The van der Waals surface area contributed by atoms with Crippen molar-refractivity contribution in [1.29, 1.82) is 0 Å². The van der Waals surface area contributed by atoms with E-state index in [1.807, 2.05) is 0 Å². The van der Waals surface area contributed by atoms with Crippen LogP contribution in [0.15, 0.2) is 30.3 Å². The standard InChI is InChI=1S/C16H22O4/c1-2-3-4-5-9-12-16(14(17)18,15(19)20)13-10-7-6-8-11-13/h6-8,10-11H,2-5,9,12H2,1H3,(H,17,18)(H,19,20). The molecule has 0 aliphatic carbocycles. The van der Waals surface area contributed by atoms with Crippen LogP contribution in [-0.2, 0) is 15.0 Å². The third-order valence-corrected chi connectivity index (χ3v) is 3.65. The molecule has 0 fully saturated rings. The molecule has 0 atom stereocenters. The van der Waals surface area contributed by atoms with E-state index in [1.165, 1.54) is 0 Å². The number of rotatable bonds is 9. The summed E-state index contributed by atoms with van der Waals surface area (Å²) in [7, 11) is 0. The van der Waals surface area contributed by atoms with Gasteiger partial charge >= 0.3 is 11.9 Å². The first-order valence-corrected chi connectivity index (χ1v) is 7.08. The summed E-state index contributed by atoms with van der Waals surface area (Å²) in [6.45, 7) is 2.10. The molecule has 0 aliphatic rings. The number of benzene rings is 1. The SMILES string of the molecule is CCCCCCCC(C(=O)O)(C(=O)O)c1ccccc1. The number of carboxylic acid groups (broad SMARTS) is 2. The van der Waals surface area contributed by atoms with Crippen molar-refractivity contribution in [3.8, 4) is 0 Å². The van der Waals surface area contributed by atoms with Crippen molar-refractivity contribution in [3.63, 3.8) is 0 Å². The van der Waals surface area contributed by atoms with Gasteiger partial charge in [0.15, 0.2) is 5.41 Å². The third kappa shape index (κ3) is 3.59. The number of carbonyl (C=O) groups is 2. The van der Waals surface area contributed by atoms with E-state index < -0.39 is 17.4 Å². The molecular weight excluding hydrogens is 256 g/mol. The van der Waals surface area contributed by atoms with Crippen LogP contribution in [-0.4, -0.2) is 22.2 Å².